The second-order valence-electron chi connectivity index (χ2n) is 10.5. The Morgan fingerprint density at radius 3 is 2.55 bits per heavy atom. The van der Waals surface area contributed by atoms with E-state index >= 15 is 4.39 Å². The molecule has 0 atom stereocenters. The van der Waals surface area contributed by atoms with E-state index in [1.807, 2.05) is 18.3 Å². The molecule has 2 saturated heterocycles. The van der Waals surface area contributed by atoms with Gasteiger partial charge in [0, 0.05) is 49.4 Å². The summed E-state index contributed by atoms with van der Waals surface area (Å²) in [6.07, 6.45) is 12.8. The number of H-pyrrole nitrogens is 2. The number of hydrogen-bond acceptors (Lipinski definition) is 6. The highest BCUT2D eigenvalue weighted by molar-refractivity contribution is 5.97. The lowest BCUT2D eigenvalue weighted by molar-refractivity contribution is 0.220. The number of aromatic amines is 2. The first-order valence-corrected chi connectivity index (χ1v) is 13.7. The van der Waals surface area contributed by atoms with Gasteiger partial charge in [0.1, 0.15) is 17.0 Å². The van der Waals surface area contributed by atoms with E-state index < -0.39 is 0 Å². The molecule has 2 N–H and O–H groups in total. The van der Waals surface area contributed by atoms with Crippen LogP contribution in [0.3, 0.4) is 0 Å². The van der Waals surface area contributed by atoms with Crippen LogP contribution in [-0.2, 0) is 6.54 Å². The number of benzene rings is 1. The smallest absolute Gasteiger partial charge is 0.159 e. The Balaban J connectivity index is 1.27. The second-order valence-corrected chi connectivity index (χ2v) is 10.5. The van der Waals surface area contributed by atoms with Crippen molar-refractivity contribution in [1.82, 2.24) is 35.0 Å². The fraction of sp³-hybridized carbons (Fsp3) is 0.379. The number of nitrogens with zero attached hydrogens (tertiary/aromatic N) is 6. The summed E-state index contributed by atoms with van der Waals surface area (Å²) >= 11 is 0. The summed E-state index contributed by atoms with van der Waals surface area (Å²) in [4.78, 5) is 22.1. The number of piperidine rings is 2. The lowest BCUT2D eigenvalue weighted by atomic mass is 10.0. The maximum Gasteiger partial charge on any atom is 0.159 e. The zero-order chi connectivity index (χ0) is 25.5. The number of fused-ring (bicyclic) bond motifs is 2. The van der Waals surface area contributed by atoms with E-state index in [1.54, 1.807) is 18.5 Å². The van der Waals surface area contributed by atoms with E-state index in [4.69, 9.17) is 4.98 Å². The molecule has 4 aromatic heterocycles. The topological polar surface area (TPSA) is 89.6 Å². The van der Waals surface area contributed by atoms with Gasteiger partial charge in [-0.15, -0.1) is 0 Å². The van der Waals surface area contributed by atoms with Gasteiger partial charge in [-0.3, -0.25) is 15.0 Å². The van der Waals surface area contributed by atoms with E-state index in [0.717, 1.165) is 73.5 Å². The van der Waals surface area contributed by atoms with Crippen molar-refractivity contribution in [2.75, 3.05) is 31.1 Å². The molecule has 2 aliphatic rings. The Kier molecular flexibility index (Phi) is 6.00. The average molecular weight is 511 g/mol. The first-order valence-electron chi connectivity index (χ1n) is 13.7. The van der Waals surface area contributed by atoms with Crippen LogP contribution < -0.4 is 4.90 Å². The van der Waals surface area contributed by atoms with Crippen LogP contribution in [-0.4, -0.2) is 61.2 Å². The standard InChI is InChI=1S/C29H31FN8/c30-25-21(20-15-19(16-31-17-20)18-37-11-3-1-4-12-37)7-8-22-24(25)27(36-35-22)28-33-23-9-10-32-29(26(23)34-28)38-13-5-2-6-14-38/h7-10,15-17H,1-6,11-14,18H2,(H,33,34)(H,35,36). The first kappa shape index (κ1) is 23.3. The highest BCUT2D eigenvalue weighted by Gasteiger charge is 2.22. The molecular formula is C29H31FN8. The van der Waals surface area contributed by atoms with Gasteiger partial charge in [-0.05, 0) is 75.0 Å². The second kappa shape index (κ2) is 9.79. The number of halogens is 1. The molecule has 0 bridgehead atoms. The van der Waals surface area contributed by atoms with Crippen molar-refractivity contribution in [1.29, 1.82) is 0 Å². The molecule has 8 nitrogen and oxygen atoms in total. The van der Waals surface area contributed by atoms with Gasteiger partial charge < -0.3 is 9.88 Å². The van der Waals surface area contributed by atoms with Crippen LogP contribution in [0, 0.1) is 5.82 Å². The summed E-state index contributed by atoms with van der Waals surface area (Å²) < 4.78 is 16.2. The Bertz CT molecular complexity index is 1590. The van der Waals surface area contributed by atoms with Crippen molar-refractivity contribution in [3.8, 4) is 22.6 Å². The van der Waals surface area contributed by atoms with Crippen molar-refractivity contribution in [3.05, 3.63) is 54.2 Å². The molecule has 38 heavy (non-hydrogen) atoms. The van der Waals surface area contributed by atoms with Crippen molar-refractivity contribution in [2.45, 2.75) is 45.1 Å². The summed E-state index contributed by atoms with van der Waals surface area (Å²) in [5.41, 5.74) is 5.16. The van der Waals surface area contributed by atoms with Crippen molar-refractivity contribution < 1.29 is 4.39 Å². The maximum absolute atomic E-state index is 16.2. The molecule has 194 valence electrons. The summed E-state index contributed by atoms with van der Waals surface area (Å²) in [5.74, 6) is 1.09. The van der Waals surface area contributed by atoms with Gasteiger partial charge in [0.25, 0.3) is 0 Å². The van der Waals surface area contributed by atoms with Gasteiger partial charge >= 0.3 is 0 Å². The number of anilines is 1. The lowest BCUT2D eigenvalue weighted by Crippen LogP contribution is -2.30. The average Bonchev–Trinajstić information content (AvgIpc) is 3.59. The third-order valence-corrected chi connectivity index (χ3v) is 7.89. The number of pyridine rings is 2. The molecule has 0 unspecified atom stereocenters. The molecule has 1 aromatic carbocycles. The zero-order valence-electron chi connectivity index (χ0n) is 21.4. The lowest BCUT2D eigenvalue weighted by Gasteiger charge is -2.27. The molecule has 0 radical (unpaired) electrons. The molecule has 2 aliphatic heterocycles. The number of aromatic nitrogens is 6. The number of rotatable bonds is 5. The van der Waals surface area contributed by atoms with E-state index in [2.05, 4.69) is 41.0 Å². The van der Waals surface area contributed by atoms with E-state index in [0.29, 0.717) is 28.0 Å². The maximum atomic E-state index is 16.2. The minimum atomic E-state index is -0.321. The normalized spacial score (nSPS) is 17.0. The Morgan fingerprint density at radius 1 is 0.895 bits per heavy atom. The fourth-order valence-corrected chi connectivity index (χ4v) is 5.93. The molecule has 9 heteroatoms. The van der Waals surface area contributed by atoms with Gasteiger partial charge in [0.2, 0.25) is 0 Å². The summed E-state index contributed by atoms with van der Waals surface area (Å²) in [6.45, 7) is 5.00. The van der Waals surface area contributed by atoms with Gasteiger partial charge in [0.15, 0.2) is 11.6 Å². The van der Waals surface area contributed by atoms with Crippen molar-refractivity contribution in [2.24, 2.45) is 0 Å². The van der Waals surface area contributed by atoms with Gasteiger partial charge in [-0.1, -0.05) is 6.42 Å². The predicted octanol–water partition coefficient (Wildman–Crippen LogP) is 5.68. The van der Waals surface area contributed by atoms with Crippen LogP contribution in [0.4, 0.5) is 10.2 Å². The Morgan fingerprint density at radius 2 is 1.71 bits per heavy atom. The van der Waals surface area contributed by atoms with Crippen molar-refractivity contribution in [3.63, 3.8) is 0 Å². The molecule has 7 rings (SSSR count). The van der Waals surface area contributed by atoms with Crippen LogP contribution in [0.2, 0.25) is 0 Å². The van der Waals surface area contributed by atoms with Crippen LogP contribution in [0.15, 0.2) is 42.9 Å². The molecule has 0 amide bonds. The van der Waals surface area contributed by atoms with Crippen LogP contribution in [0.1, 0.15) is 44.1 Å². The molecule has 0 aliphatic carbocycles. The monoisotopic (exact) mass is 510 g/mol. The third kappa shape index (κ3) is 4.20. The third-order valence-electron chi connectivity index (χ3n) is 7.89. The molecule has 0 saturated carbocycles. The van der Waals surface area contributed by atoms with E-state index in [1.165, 1.54) is 25.7 Å². The minimum absolute atomic E-state index is 0.321. The van der Waals surface area contributed by atoms with Gasteiger partial charge in [-0.2, -0.15) is 5.10 Å². The molecular weight excluding hydrogens is 479 g/mol. The predicted molar refractivity (Wildman–Crippen MR) is 147 cm³/mol. The van der Waals surface area contributed by atoms with Crippen molar-refractivity contribution >= 4 is 27.8 Å². The highest BCUT2D eigenvalue weighted by atomic mass is 19.1. The quantitative estimate of drug-likeness (QED) is 0.316. The van der Waals surface area contributed by atoms with Gasteiger partial charge in [-0.25, -0.2) is 14.4 Å². The number of nitrogens with one attached hydrogen (secondary N) is 2. The van der Waals surface area contributed by atoms with E-state index in [9.17, 15) is 0 Å². The zero-order valence-corrected chi connectivity index (χ0v) is 21.4. The van der Waals surface area contributed by atoms with E-state index in [-0.39, 0.29) is 5.82 Å². The molecule has 5 aromatic rings. The highest BCUT2D eigenvalue weighted by Crippen LogP contribution is 2.35. The SMILES string of the molecule is Fc1c(-c2cncc(CN3CCCCC3)c2)ccc2[nH]nc(-c3nc4c(N5CCCCC5)nccc4[nH]3)c12. The summed E-state index contributed by atoms with van der Waals surface area (Å²) in [5, 5.41) is 7.90. The fourth-order valence-electron chi connectivity index (χ4n) is 5.93. The Labute approximate surface area is 220 Å². The Hall–Kier alpha value is -3.85. The molecule has 0 spiro atoms. The number of likely N-dealkylation sites (tertiary alicyclic amines) is 1. The van der Waals surface area contributed by atoms with Gasteiger partial charge in [0.05, 0.1) is 16.4 Å². The minimum Gasteiger partial charge on any atom is -0.355 e. The van der Waals surface area contributed by atoms with Crippen LogP contribution in [0.5, 0.6) is 0 Å². The number of imidazole rings is 1. The summed E-state index contributed by atoms with van der Waals surface area (Å²) in [7, 11) is 0. The molecule has 6 heterocycles. The first-order chi connectivity index (χ1) is 18.7. The summed E-state index contributed by atoms with van der Waals surface area (Å²) in [6, 6.07) is 7.65. The van der Waals surface area contributed by atoms with Crippen LogP contribution >= 0.6 is 0 Å². The number of hydrogen-bond donors (Lipinski definition) is 2. The largest absolute Gasteiger partial charge is 0.355 e. The van der Waals surface area contributed by atoms with Crippen LogP contribution in [0.25, 0.3) is 44.6 Å². The molecule has 2 fully saturated rings.